The van der Waals surface area contributed by atoms with Crippen molar-refractivity contribution in [2.75, 3.05) is 26.7 Å². The number of nitrogens with one attached hydrogen (secondary N) is 1. The summed E-state index contributed by atoms with van der Waals surface area (Å²) in [5, 5.41) is 3.32. The fourth-order valence-corrected chi connectivity index (χ4v) is 4.08. The lowest BCUT2D eigenvalue weighted by atomic mass is 9.89. The maximum atomic E-state index is 13.1. The van der Waals surface area contributed by atoms with E-state index in [0.29, 0.717) is 5.92 Å². The first-order valence-electron chi connectivity index (χ1n) is 8.77. The SMILES string of the molecule is COC1(C(=O)N2CCC(Cc3ccccc3)C2C)CCNCC1.Cl. The lowest BCUT2D eigenvalue weighted by Gasteiger charge is -2.39. The molecule has 2 saturated heterocycles. The van der Waals surface area contributed by atoms with E-state index in [2.05, 4.69) is 47.5 Å². The zero-order valence-electron chi connectivity index (χ0n) is 14.7. The van der Waals surface area contributed by atoms with Crippen LogP contribution in [-0.4, -0.2) is 49.2 Å². The van der Waals surface area contributed by atoms with Crippen molar-refractivity contribution in [2.45, 2.75) is 44.2 Å². The molecule has 0 radical (unpaired) electrons. The van der Waals surface area contributed by atoms with Gasteiger partial charge in [-0.1, -0.05) is 30.3 Å². The second-order valence-corrected chi connectivity index (χ2v) is 6.93. The van der Waals surface area contributed by atoms with Gasteiger partial charge in [0.25, 0.3) is 5.91 Å². The van der Waals surface area contributed by atoms with Gasteiger partial charge in [0, 0.05) is 19.7 Å². The van der Waals surface area contributed by atoms with Crippen LogP contribution >= 0.6 is 12.4 Å². The minimum absolute atomic E-state index is 0. The second-order valence-electron chi connectivity index (χ2n) is 6.93. The molecule has 0 aromatic heterocycles. The summed E-state index contributed by atoms with van der Waals surface area (Å²) >= 11 is 0. The number of nitrogens with zero attached hydrogens (tertiary/aromatic N) is 1. The summed E-state index contributed by atoms with van der Waals surface area (Å²) in [6, 6.07) is 10.9. The summed E-state index contributed by atoms with van der Waals surface area (Å²) in [5.74, 6) is 0.738. The van der Waals surface area contributed by atoms with E-state index in [9.17, 15) is 4.79 Å². The summed E-state index contributed by atoms with van der Waals surface area (Å²) in [6.07, 6.45) is 3.68. The van der Waals surface area contributed by atoms with Gasteiger partial charge in [0.15, 0.2) is 0 Å². The third-order valence-corrected chi connectivity index (χ3v) is 5.71. The topological polar surface area (TPSA) is 41.6 Å². The predicted octanol–water partition coefficient (Wildman–Crippen LogP) is 2.66. The van der Waals surface area contributed by atoms with Crippen molar-refractivity contribution in [1.29, 1.82) is 0 Å². The third-order valence-electron chi connectivity index (χ3n) is 5.71. The Hall–Kier alpha value is -1.10. The Bertz CT molecular complexity index is 531. The molecule has 1 aromatic rings. The summed E-state index contributed by atoms with van der Waals surface area (Å²) in [7, 11) is 1.69. The number of likely N-dealkylation sites (tertiary alicyclic amines) is 1. The number of piperidine rings is 1. The number of carbonyl (C=O) groups is 1. The molecule has 3 rings (SSSR count). The molecule has 24 heavy (non-hydrogen) atoms. The smallest absolute Gasteiger partial charge is 0.255 e. The van der Waals surface area contributed by atoms with Crippen molar-refractivity contribution in [3.63, 3.8) is 0 Å². The monoisotopic (exact) mass is 352 g/mol. The molecule has 2 aliphatic rings. The number of benzene rings is 1. The molecule has 4 nitrogen and oxygen atoms in total. The summed E-state index contributed by atoms with van der Waals surface area (Å²) in [4.78, 5) is 15.2. The molecule has 0 bridgehead atoms. The Labute approximate surface area is 151 Å². The molecule has 1 N–H and O–H groups in total. The molecular weight excluding hydrogens is 324 g/mol. The van der Waals surface area contributed by atoms with Gasteiger partial charge in [-0.2, -0.15) is 0 Å². The van der Waals surface area contributed by atoms with Crippen LogP contribution in [-0.2, 0) is 16.0 Å². The van der Waals surface area contributed by atoms with Crippen LogP contribution in [0.4, 0.5) is 0 Å². The molecule has 1 aromatic carbocycles. The van der Waals surface area contributed by atoms with Gasteiger partial charge in [-0.3, -0.25) is 4.79 Å². The lowest BCUT2D eigenvalue weighted by molar-refractivity contribution is -0.159. The van der Waals surface area contributed by atoms with Crippen LogP contribution in [0.1, 0.15) is 31.7 Å². The van der Waals surface area contributed by atoms with E-state index in [1.165, 1.54) is 5.56 Å². The molecular formula is C19H29ClN2O2. The van der Waals surface area contributed by atoms with Crippen molar-refractivity contribution in [1.82, 2.24) is 10.2 Å². The summed E-state index contributed by atoms with van der Waals surface area (Å²) in [5.41, 5.74) is 0.753. The van der Waals surface area contributed by atoms with Gasteiger partial charge >= 0.3 is 0 Å². The molecule has 1 amide bonds. The van der Waals surface area contributed by atoms with Gasteiger partial charge in [-0.15, -0.1) is 12.4 Å². The van der Waals surface area contributed by atoms with E-state index < -0.39 is 5.60 Å². The first-order valence-corrected chi connectivity index (χ1v) is 8.77. The number of rotatable bonds is 4. The normalized spacial score (nSPS) is 26.0. The fourth-order valence-electron chi connectivity index (χ4n) is 4.08. The number of halogens is 1. The Morgan fingerprint density at radius 3 is 2.58 bits per heavy atom. The molecule has 0 aliphatic carbocycles. The highest BCUT2D eigenvalue weighted by Crippen LogP contribution is 2.33. The van der Waals surface area contributed by atoms with Crippen molar-refractivity contribution in [3.05, 3.63) is 35.9 Å². The van der Waals surface area contributed by atoms with E-state index in [1.54, 1.807) is 7.11 Å². The zero-order valence-corrected chi connectivity index (χ0v) is 15.5. The molecule has 2 fully saturated rings. The van der Waals surface area contributed by atoms with E-state index >= 15 is 0 Å². The summed E-state index contributed by atoms with van der Waals surface area (Å²) in [6.45, 7) is 4.77. The van der Waals surface area contributed by atoms with Crippen molar-refractivity contribution >= 4 is 18.3 Å². The van der Waals surface area contributed by atoms with Gasteiger partial charge in [-0.25, -0.2) is 0 Å². The Balaban J connectivity index is 0.00000208. The van der Waals surface area contributed by atoms with E-state index in [4.69, 9.17) is 4.74 Å². The number of hydrogen-bond donors (Lipinski definition) is 1. The molecule has 2 atom stereocenters. The average molecular weight is 353 g/mol. The first-order chi connectivity index (χ1) is 11.2. The number of ether oxygens (including phenoxy) is 1. The van der Waals surface area contributed by atoms with Crippen LogP contribution in [0.15, 0.2) is 30.3 Å². The summed E-state index contributed by atoms with van der Waals surface area (Å²) < 4.78 is 5.72. The highest BCUT2D eigenvalue weighted by atomic mass is 35.5. The number of amides is 1. The number of methoxy groups -OCH3 is 1. The zero-order chi connectivity index (χ0) is 16.3. The van der Waals surface area contributed by atoms with Gasteiger partial charge in [-0.05, 0) is 57.2 Å². The van der Waals surface area contributed by atoms with Gasteiger partial charge in [0.05, 0.1) is 0 Å². The maximum absolute atomic E-state index is 13.1. The molecule has 2 heterocycles. The molecule has 0 spiro atoms. The van der Waals surface area contributed by atoms with Gasteiger partial charge in [0.2, 0.25) is 0 Å². The lowest BCUT2D eigenvalue weighted by Crippen LogP contribution is -2.56. The van der Waals surface area contributed by atoms with E-state index in [-0.39, 0.29) is 24.4 Å². The molecule has 134 valence electrons. The maximum Gasteiger partial charge on any atom is 0.255 e. The van der Waals surface area contributed by atoms with Crippen molar-refractivity contribution in [2.24, 2.45) is 5.92 Å². The minimum Gasteiger partial charge on any atom is -0.368 e. The average Bonchev–Trinajstić information content (AvgIpc) is 2.96. The molecule has 2 aliphatic heterocycles. The van der Waals surface area contributed by atoms with Crippen LogP contribution in [0.25, 0.3) is 0 Å². The highest BCUT2D eigenvalue weighted by molar-refractivity contribution is 5.86. The van der Waals surface area contributed by atoms with Crippen LogP contribution in [0.5, 0.6) is 0 Å². The van der Waals surface area contributed by atoms with Gasteiger partial charge < -0.3 is 15.0 Å². The Morgan fingerprint density at radius 1 is 1.29 bits per heavy atom. The van der Waals surface area contributed by atoms with Gasteiger partial charge in [0.1, 0.15) is 5.60 Å². The fraction of sp³-hybridized carbons (Fsp3) is 0.632. The van der Waals surface area contributed by atoms with Crippen LogP contribution < -0.4 is 5.32 Å². The predicted molar refractivity (Wildman–Crippen MR) is 98.5 cm³/mol. The minimum atomic E-state index is -0.610. The number of hydrogen-bond acceptors (Lipinski definition) is 3. The van der Waals surface area contributed by atoms with Crippen LogP contribution in [0, 0.1) is 5.92 Å². The molecule has 5 heteroatoms. The number of carbonyl (C=O) groups excluding carboxylic acids is 1. The van der Waals surface area contributed by atoms with Crippen molar-refractivity contribution < 1.29 is 9.53 Å². The highest BCUT2D eigenvalue weighted by Gasteiger charge is 2.46. The second kappa shape index (κ2) is 8.32. The largest absolute Gasteiger partial charge is 0.368 e. The van der Waals surface area contributed by atoms with E-state index in [0.717, 1.165) is 45.3 Å². The first kappa shape index (κ1) is 19.2. The molecule has 2 unspecified atom stereocenters. The van der Waals surface area contributed by atoms with Crippen molar-refractivity contribution in [3.8, 4) is 0 Å². The third kappa shape index (κ3) is 3.76. The quantitative estimate of drug-likeness (QED) is 0.905. The Morgan fingerprint density at radius 2 is 1.96 bits per heavy atom. The molecule has 0 saturated carbocycles. The Kier molecular flexibility index (Phi) is 6.67. The van der Waals surface area contributed by atoms with E-state index in [1.807, 2.05) is 0 Å². The standard InChI is InChI=1S/C19H28N2O2.ClH/c1-15-17(14-16-6-4-3-5-7-16)8-13-21(15)18(22)19(23-2)9-11-20-12-10-19;/h3-7,15,17,20H,8-14H2,1-2H3;1H. The van der Waals surface area contributed by atoms with Crippen LogP contribution in [0.3, 0.4) is 0 Å². The van der Waals surface area contributed by atoms with Crippen LogP contribution in [0.2, 0.25) is 0 Å².